The van der Waals surface area contributed by atoms with E-state index in [1.807, 2.05) is 0 Å². The number of carbonyl (C=O) groups excluding carboxylic acids is 1. The van der Waals surface area contributed by atoms with Crippen LogP contribution in [0.1, 0.15) is 12.5 Å². The van der Waals surface area contributed by atoms with Gasteiger partial charge < -0.3 is 19.9 Å². The van der Waals surface area contributed by atoms with Gasteiger partial charge in [-0.3, -0.25) is 0 Å². The van der Waals surface area contributed by atoms with Gasteiger partial charge in [-0.1, -0.05) is 0 Å². The molecular formula is C18H18FN3O5. The lowest BCUT2D eigenvalue weighted by Crippen LogP contribution is -2.24. The van der Waals surface area contributed by atoms with Crippen molar-refractivity contribution < 1.29 is 28.6 Å². The number of hydrogen-bond donors (Lipinski definition) is 3. The van der Waals surface area contributed by atoms with Crippen molar-refractivity contribution >= 4 is 23.9 Å². The van der Waals surface area contributed by atoms with Crippen LogP contribution in [0.5, 0.6) is 11.5 Å². The minimum atomic E-state index is -1.10. The third-order valence-electron chi connectivity index (χ3n) is 3.32. The molecule has 2 aromatic carbocycles. The Morgan fingerprint density at radius 3 is 2.52 bits per heavy atom. The molecule has 2 aromatic rings. The summed E-state index contributed by atoms with van der Waals surface area (Å²) in [5.41, 5.74) is 3.27. The van der Waals surface area contributed by atoms with Crippen LogP contribution in [-0.4, -0.2) is 36.5 Å². The van der Waals surface area contributed by atoms with Crippen molar-refractivity contribution in [3.63, 3.8) is 0 Å². The normalized spacial score (nSPS) is 11.7. The van der Waals surface area contributed by atoms with E-state index in [2.05, 4.69) is 15.8 Å². The zero-order chi connectivity index (χ0) is 19.8. The van der Waals surface area contributed by atoms with E-state index >= 15 is 0 Å². The van der Waals surface area contributed by atoms with Crippen LogP contribution in [0.25, 0.3) is 0 Å². The molecule has 0 aliphatic carbocycles. The third-order valence-corrected chi connectivity index (χ3v) is 3.32. The Balaban J connectivity index is 1.96. The van der Waals surface area contributed by atoms with Crippen LogP contribution < -0.4 is 20.2 Å². The van der Waals surface area contributed by atoms with E-state index in [0.717, 1.165) is 0 Å². The molecule has 0 bridgehead atoms. The Morgan fingerprint density at radius 2 is 1.89 bits per heavy atom. The number of hydrogen-bond acceptors (Lipinski definition) is 5. The number of halogens is 1. The number of carboxylic acid groups (broad SMARTS) is 1. The number of urea groups is 1. The number of hydrazone groups is 1. The average Bonchev–Trinajstić information content (AvgIpc) is 2.64. The molecule has 27 heavy (non-hydrogen) atoms. The molecular weight excluding hydrogens is 357 g/mol. The van der Waals surface area contributed by atoms with Crippen molar-refractivity contribution in [3.8, 4) is 11.5 Å². The zero-order valence-corrected chi connectivity index (χ0v) is 14.6. The maximum Gasteiger partial charge on any atom is 0.344 e. The Bertz CT molecular complexity index is 839. The molecule has 0 saturated carbocycles. The van der Waals surface area contributed by atoms with Crippen molar-refractivity contribution in [1.29, 1.82) is 0 Å². The minimum absolute atomic E-state index is 0.270. The number of methoxy groups -OCH3 is 1. The Morgan fingerprint density at radius 1 is 1.19 bits per heavy atom. The molecule has 1 atom stereocenters. The summed E-state index contributed by atoms with van der Waals surface area (Å²) >= 11 is 0. The van der Waals surface area contributed by atoms with E-state index in [1.165, 1.54) is 50.6 Å². The maximum absolute atomic E-state index is 12.8. The summed E-state index contributed by atoms with van der Waals surface area (Å²) < 4.78 is 23.3. The molecule has 3 N–H and O–H groups in total. The van der Waals surface area contributed by atoms with Crippen LogP contribution >= 0.6 is 0 Å². The number of benzene rings is 2. The first kappa shape index (κ1) is 19.7. The number of amides is 2. The summed E-state index contributed by atoms with van der Waals surface area (Å²) in [5.74, 6) is -0.911. The van der Waals surface area contributed by atoms with Crippen LogP contribution in [0, 0.1) is 5.82 Å². The molecule has 0 aromatic heterocycles. The standard InChI is InChI=1S/C18H18FN3O5/c1-11(17(23)24)27-15-8-3-12(9-16(15)26-2)10-20-22-18(25)21-14-6-4-13(19)5-7-14/h3-11H,1-2H3,(H,23,24)(H2,21,22,25)/b20-10+/t11-/m0/s1. The molecule has 0 radical (unpaired) electrons. The van der Waals surface area contributed by atoms with Gasteiger partial charge in [0.15, 0.2) is 17.6 Å². The number of ether oxygens (including phenoxy) is 2. The number of nitrogens with zero attached hydrogens (tertiary/aromatic N) is 1. The van der Waals surface area contributed by atoms with Crippen molar-refractivity contribution in [2.24, 2.45) is 5.10 Å². The van der Waals surface area contributed by atoms with Gasteiger partial charge in [-0.25, -0.2) is 19.4 Å². The van der Waals surface area contributed by atoms with Gasteiger partial charge in [-0.05, 0) is 55.0 Å². The van der Waals surface area contributed by atoms with E-state index in [9.17, 15) is 14.0 Å². The topological polar surface area (TPSA) is 109 Å². The first-order valence-electron chi connectivity index (χ1n) is 7.82. The largest absolute Gasteiger partial charge is 0.493 e. The zero-order valence-electron chi connectivity index (χ0n) is 14.6. The fraction of sp³-hybridized carbons (Fsp3) is 0.167. The minimum Gasteiger partial charge on any atom is -0.493 e. The smallest absolute Gasteiger partial charge is 0.344 e. The first-order chi connectivity index (χ1) is 12.9. The van der Waals surface area contributed by atoms with Crippen LogP contribution in [0.15, 0.2) is 47.6 Å². The van der Waals surface area contributed by atoms with Crippen LogP contribution in [0.2, 0.25) is 0 Å². The van der Waals surface area contributed by atoms with E-state index in [0.29, 0.717) is 17.0 Å². The van der Waals surface area contributed by atoms with Gasteiger partial charge in [-0.2, -0.15) is 5.10 Å². The van der Waals surface area contributed by atoms with Crippen molar-refractivity contribution in [1.82, 2.24) is 5.43 Å². The molecule has 0 fully saturated rings. The highest BCUT2D eigenvalue weighted by Crippen LogP contribution is 2.28. The summed E-state index contributed by atoms with van der Waals surface area (Å²) in [6.45, 7) is 1.40. The fourth-order valence-corrected chi connectivity index (χ4v) is 1.96. The van der Waals surface area contributed by atoms with Gasteiger partial charge in [0.25, 0.3) is 0 Å². The van der Waals surface area contributed by atoms with E-state index in [-0.39, 0.29) is 5.75 Å². The SMILES string of the molecule is COc1cc(/C=N/NC(=O)Nc2ccc(F)cc2)ccc1O[C@@H](C)C(=O)O. The molecule has 0 aliphatic heterocycles. The molecule has 142 valence electrons. The lowest BCUT2D eigenvalue weighted by atomic mass is 10.2. The molecule has 2 amide bonds. The van der Waals surface area contributed by atoms with Gasteiger partial charge in [0.1, 0.15) is 5.82 Å². The van der Waals surface area contributed by atoms with E-state index < -0.39 is 23.9 Å². The van der Waals surface area contributed by atoms with Gasteiger partial charge in [-0.15, -0.1) is 0 Å². The summed E-state index contributed by atoms with van der Waals surface area (Å²) in [6, 6.07) is 9.42. The quantitative estimate of drug-likeness (QED) is 0.509. The molecule has 0 unspecified atom stereocenters. The number of nitrogens with one attached hydrogen (secondary N) is 2. The Kier molecular flexibility index (Phi) is 6.70. The second kappa shape index (κ2) is 9.18. The maximum atomic E-state index is 12.8. The molecule has 0 aliphatic rings. The summed E-state index contributed by atoms with van der Waals surface area (Å²) in [7, 11) is 1.42. The number of carbonyl (C=O) groups is 2. The van der Waals surface area contributed by atoms with Crippen LogP contribution in [0.3, 0.4) is 0 Å². The predicted octanol–water partition coefficient (Wildman–Crippen LogP) is 2.84. The molecule has 0 saturated heterocycles. The summed E-state index contributed by atoms with van der Waals surface area (Å²) in [6.07, 6.45) is 0.340. The molecule has 0 spiro atoms. The van der Waals surface area contributed by atoms with E-state index in [4.69, 9.17) is 14.6 Å². The monoisotopic (exact) mass is 375 g/mol. The van der Waals surface area contributed by atoms with Crippen LogP contribution in [-0.2, 0) is 4.79 Å². The number of aliphatic carboxylic acids is 1. The van der Waals surface area contributed by atoms with Gasteiger partial charge in [0.2, 0.25) is 0 Å². The average molecular weight is 375 g/mol. The second-order valence-corrected chi connectivity index (χ2v) is 5.34. The van der Waals surface area contributed by atoms with E-state index in [1.54, 1.807) is 12.1 Å². The Labute approximate surface area is 154 Å². The van der Waals surface area contributed by atoms with Gasteiger partial charge in [0, 0.05) is 5.69 Å². The highest BCUT2D eigenvalue weighted by Gasteiger charge is 2.15. The lowest BCUT2D eigenvalue weighted by Gasteiger charge is -2.14. The number of anilines is 1. The number of rotatable bonds is 7. The van der Waals surface area contributed by atoms with Crippen molar-refractivity contribution in [2.75, 3.05) is 12.4 Å². The first-order valence-corrected chi connectivity index (χ1v) is 7.82. The predicted molar refractivity (Wildman–Crippen MR) is 96.9 cm³/mol. The summed E-state index contributed by atoms with van der Waals surface area (Å²) in [4.78, 5) is 22.6. The van der Waals surface area contributed by atoms with Gasteiger partial charge in [0.05, 0.1) is 13.3 Å². The highest BCUT2D eigenvalue weighted by molar-refractivity contribution is 5.90. The van der Waals surface area contributed by atoms with Crippen molar-refractivity contribution in [2.45, 2.75) is 13.0 Å². The van der Waals surface area contributed by atoms with Crippen LogP contribution in [0.4, 0.5) is 14.9 Å². The molecule has 8 nitrogen and oxygen atoms in total. The molecule has 0 heterocycles. The highest BCUT2D eigenvalue weighted by atomic mass is 19.1. The number of carboxylic acids is 1. The Hall–Kier alpha value is -3.62. The second-order valence-electron chi connectivity index (χ2n) is 5.34. The van der Waals surface area contributed by atoms with Gasteiger partial charge >= 0.3 is 12.0 Å². The van der Waals surface area contributed by atoms with Crippen molar-refractivity contribution in [3.05, 3.63) is 53.8 Å². The third kappa shape index (κ3) is 5.99. The fourth-order valence-electron chi connectivity index (χ4n) is 1.96. The molecule has 9 heteroatoms. The lowest BCUT2D eigenvalue weighted by molar-refractivity contribution is -0.144. The molecule has 2 rings (SSSR count). The summed E-state index contributed by atoms with van der Waals surface area (Å²) in [5, 5.41) is 15.2.